The molecule has 0 heterocycles. The lowest BCUT2D eigenvalue weighted by Crippen LogP contribution is -1.85. The van der Waals surface area contributed by atoms with E-state index in [0.29, 0.717) is 5.56 Å². The normalized spacial score (nSPS) is 12.5. The topological polar surface area (TPSA) is 40.5 Å². The summed E-state index contributed by atoms with van der Waals surface area (Å²) in [6.45, 7) is 1.45. The van der Waals surface area contributed by atoms with Gasteiger partial charge in [0.25, 0.3) is 0 Å². The zero-order valence-electron chi connectivity index (χ0n) is 6.28. The summed E-state index contributed by atoms with van der Waals surface area (Å²) in [5.74, 6) is -0.123. The molecule has 0 aliphatic rings. The van der Waals surface area contributed by atoms with Crippen LogP contribution in [0.5, 0.6) is 0 Å². The van der Waals surface area contributed by atoms with E-state index in [0.717, 1.165) is 0 Å². The molecule has 2 nitrogen and oxygen atoms in total. The highest BCUT2D eigenvalue weighted by Gasteiger charge is 1.99. The summed E-state index contributed by atoms with van der Waals surface area (Å²) in [5, 5.41) is 18.1. The van der Waals surface area contributed by atoms with Crippen molar-refractivity contribution in [2.75, 3.05) is 0 Å². The van der Waals surface area contributed by atoms with Crippen LogP contribution in [0.25, 0.3) is 5.76 Å². The number of rotatable bonds is 1. The summed E-state index contributed by atoms with van der Waals surface area (Å²) in [4.78, 5) is 0. The maximum Gasteiger partial charge on any atom is 0.160 e. The molecule has 0 unspecified atom stereocenters. The van der Waals surface area contributed by atoms with Gasteiger partial charge in [-0.3, -0.25) is 0 Å². The van der Waals surface area contributed by atoms with Crippen LogP contribution in [0, 0.1) is 0 Å². The summed E-state index contributed by atoms with van der Waals surface area (Å²) < 4.78 is 0. The van der Waals surface area contributed by atoms with E-state index < -0.39 is 0 Å². The predicted octanol–water partition coefficient (Wildman–Crippen LogP) is 2.49. The van der Waals surface area contributed by atoms with Crippen molar-refractivity contribution in [1.29, 1.82) is 0 Å². The minimum Gasteiger partial charge on any atom is -0.509 e. The van der Waals surface area contributed by atoms with Gasteiger partial charge < -0.3 is 10.2 Å². The first-order valence-corrected chi connectivity index (χ1v) is 3.36. The van der Waals surface area contributed by atoms with Gasteiger partial charge >= 0.3 is 0 Å². The van der Waals surface area contributed by atoms with Gasteiger partial charge in [0.2, 0.25) is 0 Å². The van der Waals surface area contributed by atoms with Gasteiger partial charge in [-0.1, -0.05) is 30.3 Å². The molecule has 1 rings (SSSR count). The van der Waals surface area contributed by atoms with Gasteiger partial charge in [-0.15, -0.1) is 0 Å². The highest BCUT2D eigenvalue weighted by molar-refractivity contribution is 5.59. The number of benzene rings is 1. The third-order valence-electron chi connectivity index (χ3n) is 1.39. The Bertz CT molecular complexity index is 258. The first-order valence-electron chi connectivity index (χ1n) is 3.36. The van der Waals surface area contributed by atoms with Crippen LogP contribution < -0.4 is 0 Å². The van der Waals surface area contributed by atoms with Gasteiger partial charge in [0.1, 0.15) is 5.76 Å². The van der Waals surface area contributed by atoms with Crippen molar-refractivity contribution >= 4 is 5.76 Å². The minimum atomic E-state index is -0.0643. The molecule has 0 saturated carbocycles. The molecule has 0 aromatic heterocycles. The summed E-state index contributed by atoms with van der Waals surface area (Å²) >= 11 is 0. The molecule has 0 saturated heterocycles. The molecule has 0 aliphatic heterocycles. The molecule has 0 radical (unpaired) electrons. The Morgan fingerprint density at radius 2 is 1.64 bits per heavy atom. The van der Waals surface area contributed by atoms with Crippen molar-refractivity contribution in [3.63, 3.8) is 0 Å². The molecule has 1 aromatic carbocycles. The van der Waals surface area contributed by atoms with Gasteiger partial charge in [-0.05, 0) is 6.92 Å². The second-order valence-electron chi connectivity index (χ2n) is 2.30. The van der Waals surface area contributed by atoms with Crippen LogP contribution in [0.15, 0.2) is 36.1 Å². The Kier molecular flexibility index (Phi) is 2.16. The Balaban J connectivity index is 3.04. The van der Waals surface area contributed by atoms with E-state index in [2.05, 4.69) is 0 Å². The summed E-state index contributed by atoms with van der Waals surface area (Å²) in [6, 6.07) is 8.91. The third kappa shape index (κ3) is 1.74. The monoisotopic (exact) mass is 150 g/mol. The smallest absolute Gasteiger partial charge is 0.160 e. The highest BCUT2D eigenvalue weighted by atomic mass is 16.3. The van der Waals surface area contributed by atoms with E-state index in [4.69, 9.17) is 5.11 Å². The highest BCUT2D eigenvalue weighted by Crippen LogP contribution is 2.12. The van der Waals surface area contributed by atoms with E-state index in [1.165, 1.54) is 6.92 Å². The second kappa shape index (κ2) is 3.10. The number of allylic oxidation sites excluding steroid dienone is 1. The maximum absolute atomic E-state index is 9.23. The molecule has 11 heavy (non-hydrogen) atoms. The molecule has 58 valence electrons. The lowest BCUT2D eigenvalue weighted by Gasteiger charge is -1.99. The van der Waals surface area contributed by atoms with E-state index in [-0.39, 0.29) is 11.5 Å². The van der Waals surface area contributed by atoms with Crippen LogP contribution in [-0.4, -0.2) is 10.2 Å². The van der Waals surface area contributed by atoms with Gasteiger partial charge in [0, 0.05) is 5.56 Å². The van der Waals surface area contributed by atoms with Gasteiger partial charge in [-0.2, -0.15) is 0 Å². The molecular formula is C9H10O2. The average molecular weight is 150 g/mol. The van der Waals surface area contributed by atoms with E-state index in [1.807, 2.05) is 6.07 Å². The fourth-order valence-electron chi connectivity index (χ4n) is 0.805. The third-order valence-corrected chi connectivity index (χ3v) is 1.39. The van der Waals surface area contributed by atoms with E-state index >= 15 is 0 Å². The molecule has 0 bridgehead atoms. The molecule has 0 fully saturated rings. The average Bonchev–Trinajstić information content (AvgIpc) is 2.05. The zero-order chi connectivity index (χ0) is 8.27. The summed E-state index contributed by atoms with van der Waals surface area (Å²) in [6.07, 6.45) is 0. The van der Waals surface area contributed by atoms with Crippen molar-refractivity contribution in [1.82, 2.24) is 0 Å². The van der Waals surface area contributed by atoms with Crippen LogP contribution in [0.1, 0.15) is 12.5 Å². The Labute approximate surface area is 65.4 Å². The quantitative estimate of drug-likeness (QED) is 0.604. The van der Waals surface area contributed by atoms with Crippen LogP contribution in [0.3, 0.4) is 0 Å². The molecule has 0 atom stereocenters. The SMILES string of the molecule is C/C(O)=C(\O)c1ccccc1. The lowest BCUT2D eigenvalue weighted by molar-refractivity contribution is 0.383. The van der Waals surface area contributed by atoms with Gasteiger partial charge in [-0.25, -0.2) is 0 Å². The number of hydrogen-bond donors (Lipinski definition) is 2. The van der Waals surface area contributed by atoms with Crippen LogP contribution in [0.2, 0.25) is 0 Å². The van der Waals surface area contributed by atoms with Gasteiger partial charge in [0.05, 0.1) is 0 Å². The van der Waals surface area contributed by atoms with Crippen LogP contribution >= 0.6 is 0 Å². The number of aliphatic hydroxyl groups excluding tert-OH is 2. The Hall–Kier alpha value is -1.44. The summed E-state index contributed by atoms with van der Waals surface area (Å²) in [5.41, 5.74) is 0.632. The molecule has 2 heteroatoms. The second-order valence-corrected chi connectivity index (χ2v) is 2.30. The molecule has 1 aromatic rings. The molecule has 0 amide bonds. The largest absolute Gasteiger partial charge is 0.509 e. The predicted molar refractivity (Wildman–Crippen MR) is 44.3 cm³/mol. The molecular weight excluding hydrogens is 140 g/mol. The molecule has 2 N–H and O–H groups in total. The minimum absolute atomic E-state index is 0.0591. The van der Waals surface area contributed by atoms with Crippen molar-refractivity contribution in [2.45, 2.75) is 6.92 Å². The first kappa shape index (κ1) is 7.66. The number of hydrogen-bond acceptors (Lipinski definition) is 2. The van der Waals surface area contributed by atoms with Crippen molar-refractivity contribution < 1.29 is 10.2 Å². The van der Waals surface area contributed by atoms with Crippen molar-refractivity contribution in [3.8, 4) is 0 Å². The van der Waals surface area contributed by atoms with Crippen LogP contribution in [0.4, 0.5) is 0 Å². The van der Waals surface area contributed by atoms with Crippen LogP contribution in [-0.2, 0) is 0 Å². The molecule has 0 spiro atoms. The maximum atomic E-state index is 9.23. The van der Waals surface area contributed by atoms with Crippen molar-refractivity contribution in [2.24, 2.45) is 0 Å². The number of aliphatic hydroxyl groups is 2. The molecule has 0 aliphatic carbocycles. The van der Waals surface area contributed by atoms with Crippen molar-refractivity contribution in [3.05, 3.63) is 41.7 Å². The lowest BCUT2D eigenvalue weighted by atomic mass is 10.2. The first-order chi connectivity index (χ1) is 5.22. The fourth-order valence-corrected chi connectivity index (χ4v) is 0.805. The standard InChI is InChI=1S/C9H10O2/c1-7(10)9(11)8-5-3-2-4-6-8/h2-6,10-11H,1H3/b9-7+. The Morgan fingerprint density at radius 1 is 1.09 bits per heavy atom. The van der Waals surface area contributed by atoms with E-state index in [9.17, 15) is 5.11 Å². The zero-order valence-corrected chi connectivity index (χ0v) is 6.28. The summed E-state index contributed by atoms with van der Waals surface area (Å²) in [7, 11) is 0. The van der Waals surface area contributed by atoms with E-state index in [1.54, 1.807) is 24.3 Å². The fraction of sp³-hybridized carbons (Fsp3) is 0.111. The Morgan fingerprint density at radius 3 is 2.09 bits per heavy atom. The van der Waals surface area contributed by atoms with Gasteiger partial charge in [0.15, 0.2) is 5.76 Å².